The van der Waals surface area contributed by atoms with Gasteiger partial charge in [0.05, 0.1) is 11.9 Å². The lowest BCUT2D eigenvalue weighted by molar-refractivity contribution is 0.0736. The van der Waals surface area contributed by atoms with E-state index in [2.05, 4.69) is 16.5 Å². The first-order valence-corrected chi connectivity index (χ1v) is 9.90. The molecule has 0 unspecified atom stereocenters. The van der Waals surface area contributed by atoms with Crippen molar-refractivity contribution < 1.29 is 9.18 Å². The standard InChI is InChI=1S/C21H17FN4OS/c22-16-3-5-17(6-4-16)26-20(24-9-1-2-10-24)18(13-23-26)21(27)25-11-7-19-15(14-25)8-12-28-19/h1-6,8-10,12-13H,7,11,14H2. The lowest BCUT2D eigenvalue weighted by Gasteiger charge is -2.27. The number of carbonyl (C=O) groups excluding carboxylic acids is 1. The quantitative estimate of drug-likeness (QED) is 0.528. The average Bonchev–Trinajstić information content (AvgIpc) is 3.46. The minimum atomic E-state index is -0.311. The number of benzene rings is 1. The van der Waals surface area contributed by atoms with Gasteiger partial charge in [0.2, 0.25) is 0 Å². The number of rotatable bonds is 3. The fraction of sp³-hybridized carbons (Fsp3) is 0.143. The molecule has 7 heteroatoms. The van der Waals surface area contributed by atoms with Crippen molar-refractivity contribution >= 4 is 17.2 Å². The molecule has 5 nitrogen and oxygen atoms in total. The van der Waals surface area contributed by atoms with Crippen LogP contribution in [-0.4, -0.2) is 31.7 Å². The number of fused-ring (bicyclic) bond motifs is 1. The predicted molar refractivity (Wildman–Crippen MR) is 106 cm³/mol. The maximum absolute atomic E-state index is 13.4. The Morgan fingerprint density at radius 2 is 1.89 bits per heavy atom. The van der Waals surface area contributed by atoms with Crippen molar-refractivity contribution in [1.29, 1.82) is 0 Å². The summed E-state index contributed by atoms with van der Waals surface area (Å²) in [5.74, 6) is 0.293. The summed E-state index contributed by atoms with van der Waals surface area (Å²) in [6, 6.07) is 12.0. The van der Waals surface area contributed by atoms with Crippen molar-refractivity contribution in [2.45, 2.75) is 13.0 Å². The monoisotopic (exact) mass is 392 g/mol. The molecule has 0 radical (unpaired) electrons. The predicted octanol–water partition coefficient (Wildman–Crippen LogP) is 4.06. The fourth-order valence-corrected chi connectivity index (χ4v) is 4.47. The molecule has 140 valence electrons. The Morgan fingerprint density at radius 1 is 1.11 bits per heavy atom. The highest BCUT2D eigenvalue weighted by molar-refractivity contribution is 7.10. The Hall–Kier alpha value is -3.19. The number of amides is 1. The molecule has 0 saturated heterocycles. The first-order chi connectivity index (χ1) is 13.7. The molecule has 1 aliphatic rings. The van der Waals surface area contributed by atoms with Crippen LogP contribution in [0, 0.1) is 5.82 Å². The van der Waals surface area contributed by atoms with Gasteiger partial charge in [0.15, 0.2) is 5.82 Å². The topological polar surface area (TPSA) is 43.1 Å². The second kappa shape index (κ2) is 6.76. The summed E-state index contributed by atoms with van der Waals surface area (Å²) in [7, 11) is 0. The van der Waals surface area contributed by atoms with Gasteiger partial charge in [-0.25, -0.2) is 9.07 Å². The van der Waals surface area contributed by atoms with Crippen LogP contribution in [0.3, 0.4) is 0 Å². The molecular formula is C21H17FN4OS. The van der Waals surface area contributed by atoms with Gasteiger partial charge in [0.25, 0.3) is 5.91 Å². The van der Waals surface area contributed by atoms with Crippen LogP contribution in [0.2, 0.25) is 0 Å². The molecule has 3 aromatic heterocycles. The van der Waals surface area contributed by atoms with Crippen LogP contribution in [-0.2, 0) is 13.0 Å². The van der Waals surface area contributed by atoms with Crippen LogP contribution in [0.5, 0.6) is 0 Å². The maximum Gasteiger partial charge on any atom is 0.259 e. The molecule has 5 rings (SSSR count). The van der Waals surface area contributed by atoms with E-state index in [1.165, 1.54) is 22.6 Å². The number of hydrogen-bond donors (Lipinski definition) is 0. The molecule has 0 spiro atoms. The molecule has 0 saturated carbocycles. The molecule has 0 fully saturated rings. The van der Waals surface area contributed by atoms with Crippen molar-refractivity contribution in [3.8, 4) is 11.5 Å². The third-order valence-electron chi connectivity index (χ3n) is 4.99. The number of halogens is 1. The van der Waals surface area contributed by atoms with Gasteiger partial charge in [0, 0.05) is 30.4 Å². The molecule has 1 amide bonds. The summed E-state index contributed by atoms with van der Waals surface area (Å²) in [6.45, 7) is 1.31. The third kappa shape index (κ3) is 2.84. The van der Waals surface area contributed by atoms with Crippen molar-refractivity contribution in [2.24, 2.45) is 0 Å². The van der Waals surface area contributed by atoms with E-state index in [4.69, 9.17) is 0 Å². The van der Waals surface area contributed by atoms with E-state index in [0.717, 1.165) is 6.42 Å². The molecule has 1 aliphatic heterocycles. The van der Waals surface area contributed by atoms with Gasteiger partial charge in [-0.2, -0.15) is 5.10 Å². The minimum absolute atomic E-state index is 0.0473. The van der Waals surface area contributed by atoms with Gasteiger partial charge >= 0.3 is 0 Å². The summed E-state index contributed by atoms with van der Waals surface area (Å²) in [5, 5.41) is 6.53. The van der Waals surface area contributed by atoms with E-state index in [-0.39, 0.29) is 11.7 Å². The summed E-state index contributed by atoms with van der Waals surface area (Å²) in [6.07, 6.45) is 6.23. The van der Waals surface area contributed by atoms with Gasteiger partial charge in [-0.15, -0.1) is 11.3 Å². The van der Waals surface area contributed by atoms with Gasteiger partial charge in [0.1, 0.15) is 11.4 Å². The van der Waals surface area contributed by atoms with Crippen LogP contribution in [0.4, 0.5) is 4.39 Å². The second-order valence-corrected chi connectivity index (χ2v) is 7.71. The zero-order valence-corrected chi connectivity index (χ0v) is 15.8. The molecule has 0 N–H and O–H groups in total. The number of carbonyl (C=O) groups is 1. The van der Waals surface area contributed by atoms with Gasteiger partial charge in [-0.3, -0.25) is 4.79 Å². The molecule has 0 aliphatic carbocycles. The molecule has 0 atom stereocenters. The summed E-state index contributed by atoms with van der Waals surface area (Å²) >= 11 is 1.75. The van der Waals surface area contributed by atoms with Gasteiger partial charge < -0.3 is 9.47 Å². The summed E-state index contributed by atoms with van der Waals surface area (Å²) < 4.78 is 16.9. The molecular weight excluding hydrogens is 375 g/mol. The molecule has 0 bridgehead atoms. The fourth-order valence-electron chi connectivity index (χ4n) is 3.58. The van der Waals surface area contributed by atoms with Crippen molar-refractivity contribution in [1.82, 2.24) is 19.2 Å². The Kier molecular flexibility index (Phi) is 4.09. The van der Waals surface area contributed by atoms with E-state index in [0.29, 0.717) is 30.2 Å². The molecule has 28 heavy (non-hydrogen) atoms. The van der Waals surface area contributed by atoms with E-state index in [9.17, 15) is 9.18 Å². The van der Waals surface area contributed by atoms with Gasteiger partial charge in [-0.1, -0.05) is 0 Å². The average molecular weight is 392 g/mol. The lowest BCUT2D eigenvalue weighted by atomic mass is 10.1. The Bertz CT molecular complexity index is 1130. The molecule has 4 aromatic rings. The number of thiophene rings is 1. The molecule has 4 heterocycles. The highest BCUT2D eigenvalue weighted by Crippen LogP contribution is 2.27. The lowest BCUT2D eigenvalue weighted by Crippen LogP contribution is -2.35. The SMILES string of the molecule is O=C(c1cnn(-c2ccc(F)cc2)c1-n1cccc1)N1CCc2sccc2C1. The van der Waals surface area contributed by atoms with Crippen LogP contribution >= 0.6 is 11.3 Å². The summed E-state index contributed by atoms with van der Waals surface area (Å²) in [4.78, 5) is 16.6. The van der Waals surface area contributed by atoms with Crippen LogP contribution in [0.25, 0.3) is 11.5 Å². The number of nitrogens with zero attached hydrogens (tertiary/aromatic N) is 4. The minimum Gasteiger partial charge on any atom is -0.334 e. The van der Waals surface area contributed by atoms with Crippen LogP contribution in [0.15, 0.2) is 66.4 Å². The smallest absolute Gasteiger partial charge is 0.259 e. The highest BCUT2D eigenvalue weighted by Gasteiger charge is 2.27. The van der Waals surface area contributed by atoms with E-state index in [1.54, 1.807) is 34.3 Å². The first-order valence-electron chi connectivity index (χ1n) is 9.02. The van der Waals surface area contributed by atoms with E-state index < -0.39 is 0 Å². The van der Waals surface area contributed by atoms with Crippen molar-refractivity contribution in [3.05, 3.63) is 88.3 Å². The Labute approximate surface area is 165 Å². The largest absolute Gasteiger partial charge is 0.334 e. The maximum atomic E-state index is 13.4. The van der Waals surface area contributed by atoms with Crippen molar-refractivity contribution in [2.75, 3.05) is 6.54 Å². The van der Waals surface area contributed by atoms with Crippen LogP contribution < -0.4 is 0 Å². The van der Waals surface area contributed by atoms with Crippen molar-refractivity contribution in [3.63, 3.8) is 0 Å². The first kappa shape index (κ1) is 16.9. The Balaban J connectivity index is 1.56. The van der Waals surface area contributed by atoms with Crippen LogP contribution in [0.1, 0.15) is 20.8 Å². The Morgan fingerprint density at radius 3 is 2.68 bits per heavy atom. The van der Waals surface area contributed by atoms with E-state index in [1.807, 2.05) is 34.0 Å². The number of aromatic nitrogens is 3. The van der Waals surface area contributed by atoms with E-state index >= 15 is 0 Å². The summed E-state index contributed by atoms with van der Waals surface area (Å²) in [5.41, 5.74) is 2.44. The normalized spacial score (nSPS) is 13.5. The molecule has 1 aromatic carbocycles. The highest BCUT2D eigenvalue weighted by atomic mass is 32.1. The third-order valence-corrected chi connectivity index (χ3v) is 6.01. The zero-order chi connectivity index (χ0) is 19.1. The van der Waals surface area contributed by atoms with Gasteiger partial charge in [-0.05, 0) is 59.8 Å². The zero-order valence-electron chi connectivity index (χ0n) is 15.0. The second-order valence-electron chi connectivity index (χ2n) is 6.71. The number of hydrogen-bond acceptors (Lipinski definition) is 3.